The Morgan fingerprint density at radius 3 is 2.70 bits per heavy atom. The van der Waals surface area contributed by atoms with Crippen LogP contribution in [0.3, 0.4) is 0 Å². The zero-order chi connectivity index (χ0) is 23.2. The third kappa shape index (κ3) is 3.64. The highest BCUT2D eigenvalue weighted by atomic mass is 32.2. The topological polar surface area (TPSA) is 87.2 Å². The maximum Gasteiger partial charge on any atom is 0.311 e. The van der Waals surface area contributed by atoms with Crippen molar-refractivity contribution < 1.29 is 24.2 Å². The molecule has 1 saturated carbocycles. The molecule has 7 nitrogen and oxygen atoms in total. The number of amides is 2. The van der Waals surface area contributed by atoms with E-state index in [2.05, 4.69) is 6.08 Å². The predicted octanol–water partition coefficient (Wildman–Crippen LogP) is 2.29. The van der Waals surface area contributed by atoms with Gasteiger partial charge in [0, 0.05) is 17.8 Å². The van der Waals surface area contributed by atoms with Crippen LogP contribution in [0, 0.1) is 11.8 Å². The molecule has 1 N–H and O–H groups in total. The number of carbonyl (C=O) groups excluding carboxylic acids is 3. The number of aliphatic hydroxyl groups excluding tert-OH is 1. The summed E-state index contributed by atoms with van der Waals surface area (Å²) in [5.74, 6) is -1.91. The number of hydrogen-bond donors (Lipinski definition) is 1. The molecular weight excluding hydrogens is 440 g/mol. The number of allylic oxidation sites excluding steroid dienone is 1. The first-order chi connectivity index (χ1) is 16.0. The van der Waals surface area contributed by atoms with Crippen molar-refractivity contribution >= 4 is 29.5 Å². The van der Waals surface area contributed by atoms with Gasteiger partial charge in [0.2, 0.25) is 11.8 Å². The number of rotatable bonds is 3. The summed E-state index contributed by atoms with van der Waals surface area (Å²) in [5, 5.41) is 9.78. The molecule has 0 aromatic heterocycles. The van der Waals surface area contributed by atoms with Gasteiger partial charge in [0.05, 0.1) is 35.8 Å². The lowest BCUT2D eigenvalue weighted by Crippen LogP contribution is -2.57. The summed E-state index contributed by atoms with van der Waals surface area (Å²) in [7, 11) is 0. The van der Waals surface area contributed by atoms with Crippen molar-refractivity contribution in [1.29, 1.82) is 0 Å². The van der Waals surface area contributed by atoms with E-state index in [1.807, 2.05) is 23.1 Å². The van der Waals surface area contributed by atoms with Gasteiger partial charge < -0.3 is 19.6 Å². The van der Waals surface area contributed by atoms with E-state index in [4.69, 9.17) is 4.74 Å². The van der Waals surface area contributed by atoms with Crippen LogP contribution in [0.1, 0.15) is 51.9 Å². The molecule has 4 aliphatic heterocycles. The maximum atomic E-state index is 14.2. The molecule has 5 rings (SSSR count). The van der Waals surface area contributed by atoms with Gasteiger partial charge in [0.25, 0.3) is 0 Å². The summed E-state index contributed by atoms with van der Waals surface area (Å²) < 4.78 is 4.74. The lowest BCUT2D eigenvalue weighted by atomic mass is 9.78. The van der Waals surface area contributed by atoms with Crippen molar-refractivity contribution in [2.75, 3.05) is 19.8 Å². The first-order valence-electron chi connectivity index (χ1n) is 12.4. The number of hydrogen-bond acceptors (Lipinski definition) is 6. The van der Waals surface area contributed by atoms with E-state index in [1.54, 1.807) is 23.6 Å². The summed E-state index contributed by atoms with van der Waals surface area (Å²) >= 11 is 1.57. The molecule has 3 fully saturated rings. The van der Waals surface area contributed by atoms with Crippen LogP contribution < -0.4 is 0 Å². The molecule has 180 valence electrons. The molecule has 0 radical (unpaired) electrons. The Morgan fingerprint density at radius 1 is 1.15 bits per heavy atom. The molecule has 2 amide bonds. The van der Waals surface area contributed by atoms with Gasteiger partial charge in [-0.2, -0.15) is 0 Å². The molecule has 4 heterocycles. The smallest absolute Gasteiger partial charge is 0.311 e. The predicted molar refractivity (Wildman–Crippen MR) is 125 cm³/mol. The van der Waals surface area contributed by atoms with Crippen molar-refractivity contribution in [2.45, 2.75) is 80.0 Å². The minimum atomic E-state index is -0.834. The molecule has 33 heavy (non-hydrogen) atoms. The van der Waals surface area contributed by atoms with Crippen LogP contribution in [0.25, 0.3) is 0 Å². The van der Waals surface area contributed by atoms with Crippen molar-refractivity contribution in [3.05, 3.63) is 24.3 Å². The lowest BCUT2D eigenvalue weighted by molar-refractivity contribution is -0.153. The molecular formula is C25H34N2O5S. The van der Waals surface area contributed by atoms with Gasteiger partial charge in [-0.15, -0.1) is 11.8 Å². The SMILES string of the molecule is C[C@H](CO)N1C(=O)[C@@H]2[C@@H]3C(=O)OCCC/C=C\[C@@H]3S[C@@]23C=CCN(C2CCCCC2)C(=O)C13. The Morgan fingerprint density at radius 2 is 1.94 bits per heavy atom. The van der Waals surface area contributed by atoms with Crippen molar-refractivity contribution in [3.8, 4) is 0 Å². The molecule has 2 saturated heterocycles. The Hall–Kier alpha value is -1.80. The molecule has 0 aromatic rings. The third-order valence-electron chi connectivity index (χ3n) is 8.07. The first-order valence-corrected chi connectivity index (χ1v) is 13.3. The zero-order valence-electron chi connectivity index (χ0n) is 19.2. The van der Waals surface area contributed by atoms with Crippen LogP contribution in [-0.2, 0) is 19.1 Å². The van der Waals surface area contributed by atoms with Gasteiger partial charge in [-0.05, 0) is 32.6 Å². The highest BCUT2D eigenvalue weighted by Gasteiger charge is 2.71. The van der Waals surface area contributed by atoms with Crippen molar-refractivity contribution in [1.82, 2.24) is 9.80 Å². The average Bonchev–Trinajstić information content (AvgIpc) is 3.24. The second kappa shape index (κ2) is 9.10. The second-order valence-electron chi connectivity index (χ2n) is 10.0. The summed E-state index contributed by atoms with van der Waals surface area (Å²) in [6, 6.07) is -1.05. The lowest BCUT2D eigenvalue weighted by Gasteiger charge is -2.40. The van der Waals surface area contributed by atoms with Gasteiger partial charge in [0.1, 0.15) is 6.04 Å². The van der Waals surface area contributed by atoms with Crippen LogP contribution in [0.5, 0.6) is 0 Å². The van der Waals surface area contributed by atoms with Gasteiger partial charge in [-0.3, -0.25) is 14.4 Å². The van der Waals surface area contributed by atoms with Gasteiger partial charge in [0.15, 0.2) is 0 Å². The van der Waals surface area contributed by atoms with Gasteiger partial charge >= 0.3 is 5.97 Å². The monoisotopic (exact) mass is 474 g/mol. The fourth-order valence-electron chi connectivity index (χ4n) is 6.49. The third-order valence-corrected chi connectivity index (χ3v) is 9.82. The van der Waals surface area contributed by atoms with E-state index in [-0.39, 0.29) is 35.7 Å². The standard InChI is InChI=1S/C25H34N2O5S/c1-16(15-28)27-21-23(30)26(17-9-4-2-5-10-17)13-8-12-25(21)20(22(27)29)19-18(33-25)11-6-3-7-14-32-24(19)31/h6,8,11-12,16-21,28H,2-5,7,9-10,13-15H2,1H3/b11-6-/t16-,18+,19-,20+,21?,25+/m1/s1. The highest BCUT2D eigenvalue weighted by Crippen LogP contribution is 2.61. The first kappa shape index (κ1) is 23.0. The number of likely N-dealkylation sites (tertiary alicyclic amines) is 1. The molecule has 0 aromatic carbocycles. The van der Waals surface area contributed by atoms with Crippen LogP contribution in [-0.4, -0.2) is 80.6 Å². The van der Waals surface area contributed by atoms with E-state index < -0.39 is 28.7 Å². The molecule has 0 bridgehead atoms. The summed E-state index contributed by atoms with van der Waals surface area (Å²) in [5.41, 5.74) is 0. The maximum absolute atomic E-state index is 14.2. The Balaban J connectivity index is 1.59. The zero-order valence-corrected chi connectivity index (χ0v) is 20.0. The largest absolute Gasteiger partial charge is 0.465 e. The van der Waals surface area contributed by atoms with E-state index in [0.717, 1.165) is 38.5 Å². The number of thioether (sulfide) groups is 1. The normalized spacial score (nSPS) is 39.0. The molecule has 1 aliphatic carbocycles. The summed E-state index contributed by atoms with van der Waals surface area (Å²) in [6.07, 6.45) is 15.2. The molecule has 6 atom stereocenters. The van der Waals surface area contributed by atoms with Gasteiger partial charge in [-0.1, -0.05) is 43.6 Å². The van der Waals surface area contributed by atoms with Gasteiger partial charge in [-0.25, -0.2) is 0 Å². The molecule has 1 spiro atoms. The summed E-state index contributed by atoms with van der Waals surface area (Å²) in [4.78, 5) is 44.8. The van der Waals surface area contributed by atoms with E-state index >= 15 is 0 Å². The van der Waals surface area contributed by atoms with Crippen molar-refractivity contribution in [3.63, 3.8) is 0 Å². The number of fused-ring (bicyclic) bond motifs is 2. The minimum absolute atomic E-state index is 0.0422. The Kier molecular flexibility index (Phi) is 6.33. The van der Waals surface area contributed by atoms with E-state index in [1.165, 1.54) is 6.42 Å². The number of ether oxygens (including phenoxy) is 1. The highest BCUT2D eigenvalue weighted by molar-refractivity contribution is 8.02. The van der Waals surface area contributed by atoms with E-state index in [0.29, 0.717) is 13.2 Å². The Bertz CT molecular complexity index is 869. The molecule has 8 heteroatoms. The Labute approximate surface area is 199 Å². The van der Waals surface area contributed by atoms with Crippen LogP contribution in [0.4, 0.5) is 0 Å². The van der Waals surface area contributed by atoms with Crippen LogP contribution >= 0.6 is 11.8 Å². The number of nitrogens with zero attached hydrogens (tertiary/aromatic N) is 2. The van der Waals surface area contributed by atoms with Crippen LogP contribution in [0.2, 0.25) is 0 Å². The fraction of sp³-hybridized carbons (Fsp3) is 0.720. The minimum Gasteiger partial charge on any atom is -0.465 e. The number of carbonyl (C=O) groups is 3. The number of esters is 1. The average molecular weight is 475 g/mol. The molecule has 1 unspecified atom stereocenters. The van der Waals surface area contributed by atoms with Crippen molar-refractivity contribution in [2.24, 2.45) is 11.8 Å². The molecule has 5 aliphatic rings. The second-order valence-corrected chi connectivity index (χ2v) is 11.5. The van der Waals surface area contributed by atoms with Crippen LogP contribution in [0.15, 0.2) is 24.3 Å². The quantitative estimate of drug-likeness (QED) is 0.499. The number of cyclic esters (lactones) is 1. The fourth-order valence-corrected chi connectivity index (χ4v) is 8.48. The van der Waals surface area contributed by atoms with E-state index in [9.17, 15) is 19.5 Å². The summed E-state index contributed by atoms with van der Waals surface area (Å²) in [6.45, 7) is 2.42. The number of aliphatic hydroxyl groups is 1.